The zero-order valence-electron chi connectivity index (χ0n) is 25.0. The minimum atomic E-state index is -0.621. The van der Waals surface area contributed by atoms with Gasteiger partial charge in [0.1, 0.15) is 29.5 Å². The van der Waals surface area contributed by atoms with E-state index >= 15 is 0 Å². The van der Waals surface area contributed by atoms with Crippen LogP contribution < -0.4 is 11.1 Å². The molecule has 1 heterocycles. The van der Waals surface area contributed by atoms with Crippen LogP contribution >= 0.6 is 0 Å². The Kier molecular flexibility index (Phi) is 17.4. The van der Waals surface area contributed by atoms with E-state index in [2.05, 4.69) is 15.2 Å². The third kappa shape index (κ3) is 13.4. The number of anilines is 1. The summed E-state index contributed by atoms with van der Waals surface area (Å²) in [5, 5.41) is 11.3. The molecule has 1 aliphatic heterocycles. The maximum atomic E-state index is 14.3. The highest BCUT2D eigenvalue weighted by molar-refractivity contribution is 5.99. The number of allylic oxidation sites excluding steroid dienone is 2. The quantitative estimate of drug-likeness (QED) is 0.186. The van der Waals surface area contributed by atoms with Crippen molar-refractivity contribution in [3.63, 3.8) is 0 Å². The number of halogens is 2. The van der Waals surface area contributed by atoms with E-state index < -0.39 is 11.6 Å². The predicted molar refractivity (Wildman–Crippen MR) is 160 cm³/mol. The molecule has 0 aromatic heterocycles. The molecule has 2 aliphatic rings. The second kappa shape index (κ2) is 19.6. The van der Waals surface area contributed by atoms with Crippen molar-refractivity contribution >= 4 is 11.5 Å². The molecule has 2 fully saturated rings. The molecular weight excluding hydrogens is 498 g/mol. The van der Waals surface area contributed by atoms with Crippen LogP contribution in [0.3, 0.4) is 0 Å². The fraction of sp³-hybridized carbons (Fsp3) is 0.645. The number of benzene rings is 1. The van der Waals surface area contributed by atoms with Crippen molar-refractivity contribution in [3.05, 3.63) is 53.4 Å². The number of nitrogens with zero attached hydrogens (tertiary/aromatic N) is 2. The molecule has 1 atom stereocenters. The van der Waals surface area contributed by atoms with E-state index in [0.29, 0.717) is 25.5 Å². The lowest BCUT2D eigenvalue weighted by atomic mass is 10.0. The van der Waals surface area contributed by atoms with Crippen LogP contribution in [0.5, 0.6) is 0 Å². The number of ether oxygens (including phenoxy) is 1. The van der Waals surface area contributed by atoms with Gasteiger partial charge in [0.25, 0.3) is 0 Å². The van der Waals surface area contributed by atoms with Crippen LogP contribution in [0.4, 0.5) is 14.5 Å². The summed E-state index contributed by atoms with van der Waals surface area (Å²) >= 11 is 0. The molecule has 3 rings (SSSR count). The minimum absolute atomic E-state index is 0.156. The summed E-state index contributed by atoms with van der Waals surface area (Å²) in [6, 6.07) is 3.72. The van der Waals surface area contributed by atoms with Gasteiger partial charge in [-0.25, -0.2) is 13.8 Å². The van der Waals surface area contributed by atoms with Crippen LogP contribution in [0.15, 0.2) is 46.7 Å². The molecule has 1 aromatic rings. The fourth-order valence-electron chi connectivity index (χ4n) is 4.42. The maximum absolute atomic E-state index is 14.3. The van der Waals surface area contributed by atoms with Gasteiger partial charge in [0.15, 0.2) is 0 Å². The normalized spacial score (nSPS) is 17.9. The van der Waals surface area contributed by atoms with Crippen molar-refractivity contribution in [2.24, 2.45) is 10.7 Å². The molecule has 222 valence electrons. The molecule has 1 saturated carbocycles. The zero-order chi connectivity index (χ0) is 29.2. The van der Waals surface area contributed by atoms with Gasteiger partial charge < -0.3 is 25.8 Å². The third-order valence-corrected chi connectivity index (χ3v) is 6.62. The summed E-state index contributed by atoms with van der Waals surface area (Å²) in [4.78, 5) is 6.84. The van der Waals surface area contributed by atoms with E-state index in [9.17, 15) is 8.78 Å². The molecule has 1 aromatic carbocycles. The number of amidine groups is 1. The Balaban J connectivity index is 0.000000637. The number of hydrogen-bond acceptors (Lipinski definition) is 5. The third-order valence-electron chi connectivity index (χ3n) is 6.62. The van der Waals surface area contributed by atoms with Crippen molar-refractivity contribution in [2.75, 3.05) is 18.5 Å². The molecule has 4 N–H and O–H groups in total. The van der Waals surface area contributed by atoms with Crippen molar-refractivity contribution in [3.8, 4) is 0 Å². The maximum Gasteiger partial charge on any atom is 0.149 e. The average molecular weight is 551 g/mol. The summed E-state index contributed by atoms with van der Waals surface area (Å²) in [5.74, 6) is -0.0576. The molecule has 0 spiro atoms. The highest BCUT2D eigenvalue weighted by Gasteiger charge is 2.31. The largest absolute Gasteiger partial charge is 0.394 e. The number of aliphatic imine (C=N–C) groups is 1. The van der Waals surface area contributed by atoms with Crippen LogP contribution in [-0.2, 0) is 4.74 Å². The molecular formula is C31H52F2N4O2. The van der Waals surface area contributed by atoms with E-state index in [-0.39, 0.29) is 24.0 Å². The molecule has 1 aliphatic carbocycles. The van der Waals surface area contributed by atoms with Crippen LogP contribution in [0.25, 0.3) is 0 Å². The average Bonchev–Trinajstić information content (AvgIpc) is 2.94. The van der Waals surface area contributed by atoms with Gasteiger partial charge in [-0.15, -0.1) is 0 Å². The van der Waals surface area contributed by atoms with Gasteiger partial charge in [-0.1, -0.05) is 51.5 Å². The highest BCUT2D eigenvalue weighted by atomic mass is 19.1. The zero-order valence-corrected chi connectivity index (χ0v) is 25.0. The molecule has 0 amide bonds. The Morgan fingerprint density at radius 3 is 2.08 bits per heavy atom. The summed E-state index contributed by atoms with van der Waals surface area (Å²) in [5.41, 5.74) is 7.27. The Morgan fingerprint density at radius 1 is 1.10 bits per heavy atom. The SMILES string of the molecule is C1CCCCC1.CC(C)O.C\C=C(C)/C(=N\C(N)=C\C)N(C1CCOCC1)C(CC)Nc1ccc(F)cc1F. The Labute approximate surface area is 235 Å². The van der Waals surface area contributed by atoms with Crippen LogP contribution in [0, 0.1) is 11.6 Å². The summed E-state index contributed by atoms with van der Waals surface area (Å²) in [6.45, 7) is 12.6. The molecule has 1 saturated heterocycles. The lowest BCUT2D eigenvalue weighted by Gasteiger charge is -2.42. The second-order valence-corrected chi connectivity index (χ2v) is 10.3. The van der Waals surface area contributed by atoms with Gasteiger partial charge in [-0.05, 0) is 77.7 Å². The summed E-state index contributed by atoms with van der Waals surface area (Å²) in [6.07, 6.45) is 14.7. The van der Waals surface area contributed by atoms with Crippen molar-refractivity contribution in [1.29, 1.82) is 0 Å². The first-order valence-corrected chi connectivity index (χ1v) is 14.5. The first-order valence-electron chi connectivity index (χ1n) is 14.5. The number of rotatable bonds is 7. The molecule has 39 heavy (non-hydrogen) atoms. The van der Waals surface area contributed by atoms with Gasteiger partial charge in [-0.2, -0.15) is 0 Å². The molecule has 0 bridgehead atoms. The van der Waals surface area contributed by atoms with E-state index in [1.54, 1.807) is 19.9 Å². The summed E-state index contributed by atoms with van der Waals surface area (Å²) < 4.78 is 33.2. The first kappa shape index (κ1) is 34.6. The van der Waals surface area contributed by atoms with Gasteiger partial charge in [0.05, 0.1) is 5.69 Å². The number of hydrogen-bond donors (Lipinski definition) is 3. The Hall–Kier alpha value is -2.45. The van der Waals surface area contributed by atoms with Gasteiger partial charge >= 0.3 is 0 Å². The van der Waals surface area contributed by atoms with Gasteiger partial charge in [0, 0.05) is 31.4 Å². The summed E-state index contributed by atoms with van der Waals surface area (Å²) in [7, 11) is 0. The molecule has 8 heteroatoms. The minimum Gasteiger partial charge on any atom is -0.394 e. The number of nitrogens with two attached hydrogens (primary N) is 1. The van der Waals surface area contributed by atoms with Crippen molar-refractivity contribution in [2.45, 2.75) is 118 Å². The monoisotopic (exact) mass is 550 g/mol. The van der Waals surface area contributed by atoms with Crippen LogP contribution in [0.2, 0.25) is 0 Å². The van der Waals surface area contributed by atoms with E-state index in [1.807, 2.05) is 33.8 Å². The highest BCUT2D eigenvalue weighted by Crippen LogP contribution is 2.25. The molecule has 0 radical (unpaired) electrons. The first-order chi connectivity index (χ1) is 18.6. The van der Waals surface area contributed by atoms with E-state index in [0.717, 1.165) is 30.3 Å². The van der Waals surface area contributed by atoms with Crippen molar-refractivity contribution in [1.82, 2.24) is 4.90 Å². The van der Waals surface area contributed by atoms with Crippen molar-refractivity contribution < 1.29 is 18.6 Å². The fourth-order valence-corrected chi connectivity index (χ4v) is 4.42. The molecule has 6 nitrogen and oxygen atoms in total. The standard InChI is InChI=1S/C22H32F2N4O.C6H12.C3H8O/c1-5-15(4)22(27-20(25)6-2)28(17-10-12-29-13-11-17)21(7-3)26-19-9-8-16(23)14-18(19)24;1-2-4-6-5-3-1;1-3(2)4/h5-6,8-9,14,17,21,26H,7,10-13,25H2,1-4H3;1-6H2;3-4H,1-2H3/b15-5-,20-6+,27-22+;;. The van der Waals surface area contributed by atoms with E-state index in [1.165, 1.54) is 50.7 Å². The van der Waals surface area contributed by atoms with Crippen LogP contribution in [-0.4, -0.2) is 47.4 Å². The lowest BCUT2D eigenvalue weighted by Crippen LogP contribution is -2.52. The lowest BCUT2D eigenvalue weighted by molar-refractivity contribution is 0.0473. The second-order valence-electron chi connectivity index (χ2n) is 10.3. The Morgan fingerprint density at radius 2 is 1.64 bits per heavy atom. The smallest absolute Gasteiger partial charge is 0.149 e. The van der Waals surface area contributed by atoms with Gasteiger partial charge in [-0.3, -0.25) is 0 Å². The predicted octanol–water partition coefficient (Wildman–Crippen LogP) is 7.51. The number of nitrogens with one attached hydrogen (secondary N) is 1. The van der Waals surface area contributed by atoms with Crippen LogP contribution in [0.1, 0.15) is 99.3 Å². The topological polar surface area (TPSA) is 83.1 Å². The number of aliphatic hydroxyl groups excluding tert-OH is 1. The van der Waals surface area contributed by atoms with E-state index in [4.69, 9.17) is 15.6 Å². The Bertz CT molecular complexity index is 894. The number of aliphatic hydroxyl groups is 1. The van der Waals surface area contributed by atoms with Gasteiger partial charge in [0.2, 0.25) is 0 Å². The molecule has 1 unspecified atom stereocenters.